The summed E-state index contributed by atoms with van der Waals surface area (Å²) in [6, 6.07) is 8.24. The number of aliphatic imine (C=N–C) groups is 1. The molecule has 0 unspecified atom stereocenters. The molecule has 1 aromatic carbocycles. The molecular formula is C18H28IN5O. The van der Waals surface area contributed by atoms with Crippen molar-refractivity contribution < 1.29 is 4.52 Å². The number of hydrogen-bond acceptors (Lipinski definition) is 4. The maximum Gasteiger partial charge on any atom is 0.257 e. The largest absolute Gasteiger partial charge is 0.356 e. The zero-order valence-electron chi connectivity index (χ0n) is 15.2. The van der Waals surface area contributed by atoms with E-state index in [0.29, 0.717) is 5.89 Å². The summed E-state index contributed by atoms with van der Waals surface area (Å²) in [7, 11) is 1.80. The van der Waals surface area contributed by atoms with Crippen LogP contribution >= 0.6 is 24.0 Å². The Morgan fingerprint density at radius 3 is 2.44 bits per heavy atom. The van der Waals surface area contributed by atoms with Crippen molar-refractivity contribution in [2.75, 3.05) is 20.1 Å². The van der Waals surface area contributed by atoms with Crippen LogP contribution in [0.4, 0.5) is 0 Å². The zero-order chi connectivity index (χ0) is 17.2. The van der Waals surface area contributed by atoms with Gasteiger partial charge in [-0.3, -0.25) is 4.99 Å². The van der Waals surface area contributed by atoms with E-state index in [-0.39, 0.29) is 24.0 Å². The van der Waals surface area contributed by atoms with Gasteiger partial charge in [0, 0.05) is 32.1 Å². The van der Waals surface area contributed by atoms with Gasteiger partial charge in [-0.25, -0.2) is 0 Å². The highest BCUT2D eigenvalue weighted by Gasteiger charge is 2.07. The minimum absolute atomic E-state index is 0. The van der Waals surface area contributed by atoms with Crippen LogP contribution in [0, 0.1) is 0 Å². The Hall–Kier alpha value is -1.64. The number of aryl methyl sites for hydroxylation is 1. The van der Waals surface area contributed by atoms with Gasteiger partial charge in [0.05, 0.1) is 0 Å². The highest BCUT2D eigenvalue weighted by molar-refractivity contribution is 14.0. The molecule has 25 heavy (non-hydrogen) atoms. The number of hydrogen-bond donors (Lipinski definition) is 2. The summed E-state index contributed by atoms with van der Waals surface area (Å²) in [4.78, 5) is 8.57. The van der Waals surface area contributed by atoms with E-state index in [1.54, 1.807) is 7.05 Å². The van der Waals surface area contributed by atoms with Crippen LogP contribution in [-0.4, -0.2) is 36.2 Å². The van der Waals surface area contributed by atoms with E-state index >= 15 is 0 Å². The third-order valence-corrected chi connectivity index (χ3v) is 3.74. The molecule has 0 fully saturated rings. The monoisotopic (exact) mass is 457 g/mol. The fourth-order valence-corrected chi connectivity index (χ4v) is 2.26. The first-order valence-electron chi connectivity index (χ1n) is 8.63. The summed E-state index contributed by atoms with van der Waals surface area (Å²) in [5.74, 6) is 2.18. The van der Waals surface area contributed by atoms with Gasteiger partial charge < -0.3 is 15.2 Å². The first-order chi connectivity index (χ1) is 11.8. The first-order valence-corrected chi connectivity index (χ1v) is 8.63. The number of nitrogens with one attached hydrogen (secondary N) is 2. The first kappa shape index (κ1) is 21.4. The lowest BCUT2D eigenvalue weighted by Crippen LogP contribution is -2.38. The molecule has 2 rings (SSSR count). The van der Waals surface area contributed by atoms with E-state index < -0.39 is 0 Å². The van der Waals surface area contributed by atoms with E-state index in [4.69, 9.17) is 4.52 Å². The van der Waals surface area contributed by atoms with Gasteiger partial charge in [-0.15, -0.1) is 24.0 Å². The van der Waals surface area contributed by atoms with Gasteiger partial charge >= 0.3 is 0 Å². The number of benzene rings is 1. The summed E-state index contributed by atoms with van der Waals surface area (Å²) in [6.07, 6.45) is 4.04. The van der Waals surface area contributed by atoms with Crippen molar-refractivity contribution >= 4 is 29.9 Å². The molecule has 0 aliphatic rings. The normalized spacial score (nSPS) is 11.1. The molecule has 0 aliphatic carbocycles. The molecule has 138 valence electrons. The summed E-state index contributed by atoms with van der Waals surface area (Å²) < 4.78 is 5.26. The molecule has 2 aromatic rings. The van der Waals surface area contributed by atoms with Gasteiger partial charge in [-0.05, 0) is 30.5 Å². The molecule has 7 heteroatoms. The number of rotatable bonds is 8. The Morgan fingerprint density at radius 1 is 1.12 bits per heavy atom. The third-order valence-electron chi connectivity index (χ3n) is 3.74. The SMILES string of the molecule is CCCCNC(=NC)NCCc1ccc(-c2nc(CC)no2)cc1.I. The van der Waals surface area contributed by atoms with Gasteiger partial charge in [0.25, 0.3) is 5.89 Å². The predicted molar refractivity (Wildman–Crippen MR) is 113 cm³/mol. The summed E-state index contributed by atoms with van der Waals surface area (Å²) in [5, 5.41) is 10.6. The molecule has 0 atom stereocenters. The van der Waals surface area contributed by atoms with Crippen molar-refractivity contribution in [3.63, 3.8) is 0 Å². The Balaban J connectivity index is 0.00000312. The molecule has 0 saturated heterocycles. The predicted octanol–water partition coefficient (Wildman–Crippen LogP) is 3.42. The molecule has 6 nitrogen and oxygen atoms in total. The van der Waals surface area contributed by atoms with Gasteiger partial charge in [0.1, 0.15) is 0 Å². The molecule has 0 amide bonds. The van der Waals surface area contributed by atoms with Crippen LogP contribution in [0.15, 0.2) is 33.8 Å². The molecule has 0 bridgehead atoms. The van der Waals surface area contributed by atoms with Crippen LogP contribution in [-0.2, 0) is 12.8 Å². The second kappa shape index (κ2) is 11.8. The lowest BCUT2D eigenvalue weighted by Gasteiger charge is -2.11. The zero-order valence-corrected chi connectivity index (χ0v) is 17.5. The van der Waals surface area contributed by atoms with Crippen LogP contribution in [0.3, 0.4) is 0 Å². The van der Waals surface area contributed by atoms with Gasteiger partial charge in [-0.2, -0.15) is 4.98 Å². The van der Waals surface area contributed by atoms with Gasteiger partial charge in [-0.1, -0.05) is 37.6 Å². The van der Waals surface area contributed by atoms with Gasteiger partial charge in [0.2, 0.25) is 0 Å². The smallest absolute Gasteiger partial charge is 0.257 e. The van der Waals surface area contributed by atoms with E-state index in [2.05, 4.69) is 44.8 Å². The van der Waals surface area contributed by atoms with Crippen LogP contribution in [0.25, 0.3) is 11.5 Å². The van der Waals surface area contributed by atoms with Gasteiger partial charge in [0.15, 0.2) is 11.8 Å². The number of unbranched alkanes of at least 4 members (excludes halogenated alkanes) is 1. The van der Waals surface area contributed by atoms with Crippen molar-refractivity contribution in [1.82, 2.24) is 20.8 Å². The maximum absolute atomic E-state index is 5.26. The molecule has 0 saturated carbocycles. The molecule has 0 spiro atoms. The Labute approximate surface area is 166 Å². The third kappa shape index (κ3) is 7.01. The Kier molecular flexibility index (Phi) is 10.1. The van der Waals surface area contributed by atoms with E-state index in [9.17, 15) is 0 Å². The average molecular weight is 457 g/mol. The van der Waals surface area contributed by atoms with E-state index in [1.165, 1.54) is 12.0 Å². The highest BCUT2D eigenvalue weighted by Crippen LogP contribution is 2.18. The second-order valence-electron chi connectivity index (χ2n) is 5.60. The number of aromatic nitrogens is 2. The van der Waals surface area contributed by atoms with Crippen molar-refractivity contribution in [2.45, 2.75) is 39.5 Å². The maximum atomic E-state index is 5.26. The molecule has 1 aromatic heterocycles. The summed E-state index contributed by atoms with van der Waals surface area (Å²) >= 11 is 0. The minimum Gasteiger partial charge on any atom is -0.356 e. The Bertz CT molecular complexity index is 639. The standard InChI is InChI=1S/C18H27N5O.HI/c1-4-6-12-20-18(19-3)21-13-11-14-7-9-15(10-8-14)17-22-16(5-2)23-24-17;/h7-10H,4-6,11-13H2,1-3H3,(H2,19,20,21);1H. The lowest BCUT2D eigenvalue weighted by atomic mass is 10.1. The van der Waals surface area contributed by atoms with Crippen molar-refractivity contribution in [1.29, 1.82) is 0 Å². The minimum atomic E-state index is 0. The van der Waals surface area contributed by atoms with Crippen LogP contribution in [0.1, 0.15) is 38.1 Å². The van der Waals surface area contributed by atoms with Crippen LogP contribution in [0.2, 0.25) is 0 Å². The summed E-state index contributed by atoms with van der Waals surface area (Å²) in [6.45, 7) is 5.98. The molecule has 1 heterocycles. The number of guanidine groups is 1. The van der Waals surface area contributed by atoms with Crippen molar-refractivity contribution in [3.05, 3.63) is 35.7 Å². The topological polar surface area (TPSA) is 75.3 Å². The van der Waals surface area contributed by atoms with E-state index in [1.807, 2.05) is 19.1 Å². The van der Waals surface area contributed by atoms with Crippen molar-refractivity contribution in [2.24, 2.45) is 4.99 Å². The summed E-state index contributed by atoms with van der Waals surface area (Å²) in [5.41, 5.74) is 2.21. The van der Waals surface area contributed by atoms with Crippen molar-refractivity contribution in [3.8, 4) is 11.5 Å². The van der Waals surface area contributed by atoms with E-state index in [0.717, 1.165) is 49.7 Å². The quantitative estimate of drug-likeness (QED) is 0.275. The number of nitrogens with zero attached hydrogens (tertiary/aromatic N) is 3. The fourth-order valence-electron chi connectivity index (χ4n) is 2.26. The number of halogens is 1. The van der Waals surface area contributed by atoms with Crippen LogP contribution in [0.5, 0.6) is 0 Å². The molecule has 2 N–H and O–H groups in total. The molecule has 0 aliphatic heterocycles. The van der Waals surface area contributed by atoms with Crippen LogP contribution < -0.4 is 10.6 Å². The fraction of sp³-hybridized carbons (Fsp3) is 0.500. The molecular weight excluding hydrogens is 429 g/mol. The Morgan fingerprint density at radius 2 is 1.84 bits per heavy atom. The lowest BCUT2D eigenvalue weighted by molar-refractivity contribution is 0.423. The average Bonchev–Trinajstić information content (AvgIpc) is 3.10. The molecule has 0 radical (unpaired) electrons. The highest BCUT2D eigenvalue weighted by atomic mass is 127. The second-order valence-corrected chi connectivity index (χ2v) is 5.60.